The molecule has 1 aromatic heterocycles. The highest BCUT2D eigenvalue weighted by Crippen LogP contribution is 2.18. The first-order valence-electron chi connectivity index (χ1n) is 7.90. The van der Waals surface area contributed by atoms with E-state index in [0.717, 1.165) is 25.9 Å². The van der Waals surface area contributed by atoms with Crippen LogP contribution in [0.2, 0.25) is 0 Å². The van der Waals surface area contributed by atoms with Crippen molar-refractivity contribution in [2.24, 2.45) is 5.92 Å². The third-order valence-electron chi connectivity index (χ3n) is 4.17. The summed E-state index contributed by atoms with van der Waals surface area (Å²) in [4.78, 5) is 26.3. The van der Waals surface area contributed by atoms with Gasteiger partial charge in [0.1, 0.15) is 5.52 Å². The molecule has 0 bridgehead atoms. The molecular formula is C16H20N4O3. The Morgan fingerprint density at radius 1 is 1.30 bits per heavy atom. The number of hydrogen-bond donors (Lipinski definition) is 0. The van der Waals surface area contributed by atoms with E-state index in [9.17, 15) is 9.59 Å². The summed E-state index contributed by atoms with van der Waals surface area (Å²) < 4.78 is 6.45. The van der Waals surface area contributed by atoms with Crippen molar-refractivity contribution >= 4 is 16.9 Å². The van der Waals surface area contributed by atoms with E-state index in [1.807, 2.05) is 19.1 Å². The zero-order valence-electron chi connectivity index (χ0n) is 13.1. The predicted octanol–water partition coefficient (Wildman–Crippen LogP) is 1.02. The van der Waals surface area contributed by atoms with E-state index in [1.54, 1.807) is 12.1 Å². The van der Waals surface area contributed by atoms with Crippen LogP contribution in [0.15, 0.2) is 29.1 Å². The van der Waals surface area contributed by atoms with Crippen LogP contribution in [0.1, 0.15) is 19.8 Å². The van der Waals surface area contributed by atoms with Crippen LogP contribution in [0.4, 0.5) is 0 Å². The number of hydrogen-bond acceptors (Lipinski definition) is 6. The molecule has 3 rings (SSSR count). The van der Waals surface area contributed by atoms with E-state index in [0.29, 0.717) is 24.2 Å². The molecule has 1 aliphatic heterocycles. The molecule has 23 heavy (non-hydrogen) atoms. The average Bonchev–Trinajstić information content (AvgIpc) is 2.58. The summed E-state index contributed by atoms with van der Waals surface area (Å²) in [7, 11) is 0. The van der Waals surface area contributed by atoms with E-state index in [1.165, 1.54) is 4.68 Å². The molecule has 2 heterocycles. The number of piperidine rings is 1. The van der Waals surface area contributed by atoms with Crippen LogP contribution in [-0.4, -0.2) is 45.6 Å². The van der Waals surface area contributed by atoms with Crippen LogP contribution in [0.3, 0.4) is 0 Å². The Bertz CT molecular complexity index is 750. The molecular weight excluding hydrogens is 296 g/mol. The molecule has 0 saturated carbocycles. The SMILES string of the molecule is CCOC(=O)C1CCN(Cn2nnc3ccccc3c2=O)CC1. The highest BCUT2D eigenvalue weighted by atomic mass is 16.5. The molecule has 1 aromatic carbocycles. The van der Waals surface area contributed by atoms with E-state index < -0.39 is 0 Å². The van der Waals surface area contributed by atoms with Gasteiger partial charge in [-0.15, -0.1) is 5.10 Å². The zero-order valence-corrected chi connectivity index (χ0v) is 13.1. The summed E-state index contributed by atoms with van der Waals surface area (Å²) in [5.74, 6) is -0.152. The molecule has 1 fully saturated rings. The first-order valence-corrected chi connectivity index (χ1v) is 7.90. The standard InChI is InChI=1S/C16H20N4O3/c1-2-23-16(22)12-7-9-19(10-8-12)11-20-15(21)13-5-3-4-6-14(13)17-18-20/h3-6,12H,2,7-11H2,1H3. The van der Waals surface area contributed by atoms with Crippen LogP contribution in [-0.2, 0) is 16.2 Å². The summed E-state index contributed by atoms with van der Waals surface area (Å²) in [6.07, 6.45) is 1.49. The van der Waals surface area contributed by atoms with Crippen LogP contribution in [0.5, 0.6) is 0 Å². The first-order chi connectivity index (χ1) is 11.2. The quantitative estimate of drug-likeness (QED) is 0.784. The minimum atomic E-state index is -0.136. The highest BCUT2D eigenvalue weighted by molar-refractivity contribution is 5.76. The summed E-state index contributed by atoms with van der Waals surface area (Å²) >= 11 is 0. The number of carbonyl (C=O) groups excluding carboxylic acids is 1. The molecule has 2 aromatic rings. The van der Waals surface area contributed by atoms with Gasteiger partial charge in [0.15, 0.2) is 0 Å². The highest BCUT2D eigenvalue weighted by Gasteiger charge is 2.26. The van der Waals surface area contributed by atoms with Crippen LogP contribution in [0.25, 0.3) is 10.9 Å². The minimum absolute atomic E-state index is 0.0365. The van der Waals surface area contributed by atoms with Crippen molar-refractivity contribution in [2.45, 2.75) is 26.4 Å². The van der Waals surface area contributed by atoms with Gasteiger partial charge in [-0.3, -0.25) is 14.5 Å². The monoisotopic (exact) mass is 316 g/mol. The zero-order chi connectivity index (χ0) is 16.2. The van der Waals surface area contributed by atoms with E-state index in [2.05, 4.69) is 15.2 Å². The third kappa shape index (κ3) is 3.39. The minimum Gasteiger partial charge on any atom is -0.466 e. The lowest BCUT2D eigenvalue weighted by atomic mass is 9.97. The topological polar surface area (TPSA) is 77.3 Å². The first kappa shape index (κ1) is 15.6. The van der Waals surface area contributed by atoms with E-state index in [-0.39, 0.29) is 17.4 Å². The molecule has 0 N–H and O–H groups in total. The van der Waals surface area contributed by atoms with Crippen molar-refractivity contribution in [1.82, 2.24) is 19.9 Å². The van der Waals surface area contributed by atoms with Gasteiger partial charge in [-0.25, -0.2) is 0 Å². The normalized spacial score (nSPS) is 16.6. The maximum atomic E-state index is 12.4. The van der Waals surface area contributed by atoms with Crippen molar-refractivity contribution < 1.29 is 9.53 Å². The molecule has 0 amide bonds. The largest absolute Gasteiger partial charge is 0.466 e. The Morgan fingerprint density at radius 3 is 2.78 bits per heavy atom. The van der Waals surface area contributed by atoms with E-state index in [4.69, 9.17) is 4.74 Å². The second-order valence-corrected chi connectivity index (χ2v) is 5.70. The lowest BCUT2D eigenvalue weighted by Crippen LogP contribution is -2.41. The number of carbonyl (C=O) groups is 1. The van der Waals surface area contributed by atoms with Crippen molar-refractivity contribution in [3.05, 3.63) is 34.6 Å². The summed E-state index contributed by atoms with van der Waals surface area (Å²) in [5.41, 5.74) is 0.470. The third-order valence-corrected chi connectivity index (χ3v) is 4.17. The van der Waals surface area contributed by atoms with Crippen molar-refractivity contribution in [1.29, 1.82) is 0 Å². The number of rotatable bonds is 4. The summed E-state index contributed by atoms with van der Waals surface area (Å²) in [5, 5.41) is 8.67. The number of ether oxygens (including phenoxy) is 1. The number of likely N-dealkylation sites (tertiary alicyclic amines) is 1. The Kier molecular flexibility index (Phi) is 4.66. The molecule has 0 radical (unpaired) electrons. The van der Waals surface area contributed by atoms with Crippen LogP contribution < -0.4 is 5.56 Å². The van der Waals surface area contributed by atoms with Gasteiger partial charge in [0.2, 0.25) is 0 Å². The Balaban J connectivity index is 1.66. The van der Waals surface area contributed by atoms with Gasteiger partial charge in [0, 0.05) is 13.1 Å². The lowest BCUT2D eigenvalue weighted by Gasteiger charge is -2.30. The second kappa shape index (κ2) is 6.87. The summed E-state index contributed by atoms with van der Waals surface area (Å²) in [6, 6.07) is 7.19. The lowest BCUT2D eigenvalue weighted by molar-refractivity contribution is -0.149. The van der Waals surface area contributed by atoms with Gasteiger partial charge in [-0.1, -0.05) is 17.3 Å². The fraction of sp³-hybridized carbons (Fsp3) is 0.500. The molecule has 7 nitrogen and oxygen atoms in total. The second-order valence-electron chi connectivity index (χ2n) is 5.70. The van der Waals surface area contributed by atoms with Gasteiger partial charge in [0.25, 0.3) is 5.56 Å². The van der Waals surface area contributed by atoms with Gasteiger partial charge in [-0.05, 0) is 31.9 Å². The van der Waals surface area contributed by atoms with Crippen molar-refractivity contribution in [2.75, 3.05) is 19.7 Å². The number of nitrogens with zero attached hydrogens (tertiary/aromatic N) is 4. The molecule has 7 heteroatoms. The number of fused-ring (bicyclic) bond motifs is 1. The predicted molar refractivity (Wildman–Crippen MR) is 84.7 cm³/mol. The molecule has 0 unspecified atom stereocenters. The molecule has 1 saturated heterocycles. The molecule has 0 aliphatic carbocycles. The van der Waals surface area contributed by atoms with Crippen molar-refractivity contribution in [3.63, 3.8) is 0 Å². The van der Waals surface area contributed by atoms with Gasteiger partial charge >= 0.3 is 5.97 Å². The number of esters is 1. The van der Waals surface area contributed by atoms with Crippen LogP contribution in [0, 0.1) is 5.92 Å². The molecule has 1 aliphatic rings. The fourth-order valence-corrected chi connectivity index (χ4v) is 2.88. The van der Waals surface area contributed by atoms with Gasteiger partial charge in [-0.2, -0.15) is 4.68 Å². The fourth-order valence-electron chi connectivity index (χ4n) is 2.88. The van der Waals surface area contributed by atoms with Crippen molar-refractivity contribution in [3.8, 4) is 0 Å². The number of aromatic nitrogens is 3. The van der Waals surface area contributed by atoms with Gasteiger partial charge < -0.3 is 4.74 Å². The molecule has 0 spiro atoms. The van der Waals surface area contributed by atoms with Gasteiger partial charge in [0.05, 0.1) is 24.6 Å². The Labute approximate surface area is 133 Å². The molecule has 0 atom stereocenters. The molecule has 122 valence electrons. The van der Waals surface area contributed by atoms with E-state index >= 15 is 0 Å². The Hall–Kier alpha value is -2.28. The summed E-state index contributed by atoms with van der Waals surface area (Å²) in [6.45, 7) is 4.11. The Morgan fingerprint density at radius 2 is 2.04 bits per heavy atom. The van der Waals surface area contributed by atoms with Crippen LogP contribution >= 0.6 is 0 Å². The average molecular weight is 316 g/mol. The number of benzene rings is 1. The smallest absolute Gasteiger partial charge is 0.309 e. The maximum absolute atomic E-state index is 12.4. The maximum Gasteiger partial charge on any atom is 0.309 e.